The third-order valence-corrected chi connectivity index (χ3v) is 9.05. The molecule has 1 aromatic rings. The molecule has 0 aliphatic carbocycles. The number of carbonyl (C=O) groups excluding carboxylic acids is 1. The topological polar surface area (TPSA) is 40.6 Å². The number of benzene rings is 1. The quantitative estimate of drug-likeness (QED) is 0.331. The van der Waals surface area contributed by atoms with Crippen LogP contribution in [0.5, 0.6) is 0 Å². The van der Waals surface area contributed by atoms with Crippen LogP contribution in [-0.4, -0.2) is 81.6 Å². The van der Waals surface area contributed by atoms with E-state index >= 15 is 0 Å². The Morgan fingerprint density at radius 3 is 2.62 bits per heavy atom. The van der Waals surface area contributed by atoms with Gasteiger partial charge in [-0.25, -0.2) is 0 Å². The van der Waals surface area contributed by atoms with Crippen LogP contribution in [0.25, 0.3) is 0 Å². The van der Waals surface area contributed by atoms with Crippen molar-refractivity contribution in [2.24, 2.45) is 0 Å². The van der Waals surface area contributed by atoms with Gasteiger partial charge in [-0.15, -0.1) is 0 Å². The van der Waals surface area contributed by atoms with Crippen LogP contribution in [0.3, 0.4) is 0 Å². The number of carbonyl (C=O) groups is 1. The number of Topliss-reactive ketones (excluding diaryl/α,β-unsaturated/α-hetero) is 1. The van der Waals surface area contributed by atoms with Crippen LogP contribution in [-0.2, 0) is 15.9 Å². The summed E-state index contributed by atoms with van der Waals surface area (Å²) in [6.45, 7) is 5.16. The molecule has 7 heteroatoms. The molecule has 1 aromatic carbocycles. The van der Waals surface area contributed by atoms with Crippen molar-refractivity contribution in [3.63, 3.8) is 0 Å². The molecule has 128 valence electrons. The molecule has 1 fully saturated rings. The molecule has 1 heterocycles. The van der Waals surface area contributed by atoms with Crippen LogP contribution < -0.4 is 0 Å². The first-order valence-electron chi connectivity index (χ1n) is 8.81. The van der Waals surface area contributed by atoms with Gasteiger partial charge in [-0.3, -0.25) is 0 Å². The van der Waals surface area contributed by atoms with Gasteiger partial charge in [-0.1, -0.05) is 6.07 Å². The van der Waals surface area contributed by atoms with Crippen LogP contribution in [0.1, 0.15) is 31.7 Å². The zero-order chi connectivity index (χ0) is 17.6. The van der Waals surface area contributed by atoms with Gasteiger partial charge in [0.2, 0.25) is 0 Å². The molecular weight excluding hydrogens is 435 g/mol. The van der Waals surface area contributed by atoms with E-state index in [1.807, 2.05) is 18.2 Å². The van der Waals surface area contributed by atoms with Gasteiger partial charge in [0.25, 0.3) is 0 Å². The second-order valence-corrected chi connectivity index (χ2v) is 23.5. The molecule has 2 atom stereocenters. The van der Waals surface area contributed by atoms with E-state index in [0.717, 1.165) is 70.0 Å². The first kappa shape index (κ1) is 20.5. The number of hydrogen-bond acceptors (Lipinski definition) is 4. The molecule has 0 bridgehead atoms. The van der Waals surface area contributed by atoms with Gasteiger partial charge in [0.05, 0.1) is 0 Å². The van der Waals surface area contributed by atoms with Crippen LogP contribution in [0.15, 0.2) is 30.3 Å². The number of rotatable bonds is 8. The summed E-state index contributed by atoms with van der Waals surface area (Å²) < 4.78 is 15.3. The van der Waals surface area contributed by atoms with Crippen molar-refractivity contribution in [3.05, 3.63) is 35.9 Å². The molecule has 4 nitrogen and oxygen atoms in total. The molecule has 1 saturated heterocycles. The molecule has 2 rings (SSSR count). The fourth-order valence-corrected chi connectivity index (χ4v) is 6.80. The molecule has 1 aliphatic rings. The predicted molar refractivity (Wildman–Crippen MR) is 105 cm³/mol. The summed E-state index contributed by atoms with van der Waals surface area (Å²) in [7, 11) is -1.44. The average Bonchev–Trinajstić information content (AvgIpc) is 2.55. The van der Waals surface area contributed by atoms with Crippen molar-refractivity contribution in [2.75, 3.05) is 25.8 Å². The van der Waals surface area contributed by atoms with Crippen LogP contribution in [0.4, 0.5) is 0 Å². The monoisotopic (exact) mass is 461 g/mol. The summed E-state index contributed by atoms with van der Waals surface area (Å²) in [4.78, 5) is 14.8. The number of hydrogen-bond donors (Lipinski definition) is 0. The van der Waals surface area contributed by atoms with Gasteiger partial charge in [0, 0.05) is 0 Å². The molecule has 0 N–H and O–H groups in total. The molecular formula is C17H28Ga2N2O2P+. The summed E-state index contributed by atoms with van der Waals surface area (Å²) in [5.74, 6) is 0.126. The Kier molecular flexibility index (Phi) is 8.34. The van der Waals surface area contributed by atoms with Crippen molar-refractivity contribution in [1.29, 1.82) is 0 Å². The number of ketones is 1. The fraction of sp³-hybridized carbons (Fsp3) is 0.588. The molecule has 1 aliphatic heterocycles. The van der Waals surface area contributed by atoms with E-state index in [1.165, 1.54) is 12.1 Å². The molecule has 2 unspecified atom stereocenters. The predicted octanol–water partition coefficient (Wildman–Crippen LogP) is 1.23. The zero-order valence-electron chi connectivity index (χ0n) is 15.2. The number of unbranched alkanes of at least 4 members (excludes halogenated alkanes) is 1. The molecule has 0 saturated carbocycles. The third kappa shape index (κ3) is 5.59. The van der Waals surface area contributed by atoms with Crippen LogP contribution in [0, 0.1) is 0 Å². The van der Waals surface area contributed by atoms with E-state index in [-0.39, 0.29) is 5.78 Å². The summed E-state index contributed by atoms with van der Waals surface area (Å²) in [5, 5.41) is -0.614. The second-order valence-electron chi connectivity index (χ2n) is 7.15. The Balaban J connectivity index is 2.04. The van der Waals surface area contributed by atoms with Crippen molar-refractivity contribution in [3.8, 4) is 0 Å². The second kappa shape index (κ2) is 9.76. The first-order chi connectivity index (χ1) is 11.4. The number of nitrogens with zero attached hydrogens (tertiary/aromatic N) is 2. The maximum absolute atomic E-state index is 12.8. The Labute approximate surface area is 166 Å². The van der Waals surface area contributed by atoms with Gasteiger partial charge < -0.3 is 0 Å². The van der Waals surface area contributed by atoms with E-state index in [4.69, 9.17) is 0 Å². The SMILES string of the molecule is CC(=O)C1(CCCC[N]([GaH2])[GaH2])CN(Cc2ccccc2)CC[P+]1=O. The van der Waals surface area contributed by atoms with E-state index in [1.54, 1.807) is 6.92 Å². The van der Waals surface area contributed by atoms with Crippen molar-refractivity contribution in [2.45, 2.75) is 37.9 Å². The average molecular weight is 463 g/mol. The molecule has 0 amide bonds. The Bertz CT molecular complexity index is 571. The minimum absolute atomic E-state index is 0.126. The first-order valence-corrected chi connectivity index (χ1v) is 14.0. The van der Waals surface area contributed by atoms with Crippen LogP contribution >= 0.6 is 7.80 Å². The fourth-order valence-electron chi connectivity index (χ4n) is 3.46. The molecule has 24 heavy (non-hydrogen) atoms. The van der Waals surface area contributed by atoms with Gasteiger partial charge >= 0.3 is 161 Å². The Morgan fingerprint density at radius 1 is 1.29 bits per heavy atom. The van der Waals surface area contributed by atoms with Crippen molar-refractivity contribution in [1.82, 2.24) is 7.21 Å². The van der Waals surface area contributed by atoms with Gasteiger partial charge in [0.15, 0.2) is 0 Å². The normalized spacial score (nSPS) is 23.5. The summed E-state index contributed by atoms with van der Waals surface area (Å²) >= 11 is 1.60. The van der Waals surface area contributed by atoms with Gasteiger partial charge in [-0.05, 0) is 0 Å². The Hall–Kier alpha value is 0.183. The van der Waals surface area contributed by atoms with E-state index < -0.39 is 13.0 Å². The zero-order valence-corrected chi connectivity index (χ0v) is 24.5. The molecule has 0 spiro atoms. The Morgan fingerprint density at radius 2 is 2.00 bits per heavy atom. The summed E-state index contributed by atoms with van der Waals surface area (Å²) in [6, 6.07) is 10.4. The van der Waals surface area contributed by atoms with Gasteiger partial charge in [-0.2, -0.15) is 0 Å². The maximum atomic E-state index is 12.8. The third-order valence-electron chi connectivity index (χ3n) is 4.93. The molecule has 0 radical (unpaired) electrons. The summed E-state index contributed by atoms with van der Waals surface area (Å²) in [6.07, 6.45) is 3.60. The minimum atomic E-state index is -1.44. The van der Waals surface area contributed by atoms with E-state index in [2.05, 4.69) is 19.3 Å². The van der Waals surface area contributed by atoms with E-state index in [9.17, 15) is 9.36 Å². The van der Waals surface area contributed by atoms with Crippen molar-refractivity contribution < 1.29 is 9.36 Å². The standard InChI is InChI=1S/C17H24N2O2P.2Ga.4H/c1-15(20)17(9-5-6-10-18)14-19(11-12-22(17)21)13-16-7-3-2-4-8-16;;;;;;/h2-4,7-8H,5-6,9-14H2,1H3;;;;;;/q+1;;;;;;. The van der Waals surface area contributed by atoms with Gasteiger partial charge in [0.1, 0.15) is 0 Å². The van der Waals surface area contributed by atoms with E-state index in [0.29, 0.717) is 12.7 Å². The van der Waals surface area contributed by atoms with Crippen molar-refractivity contribution >= 4 is 51.3 Å². The summed E-state index contributed by atoms with van der Waals surface area (Å²) in [5.41, 5.74) is 1.26. The van der Waals surface area contributed by atoms with Crippen LogP contribution in [0.2, 0.25) is 0 Å². The molecule has 0 aromatic heterocycles.